The Morgan fingerprint density at radius 3 is 1.94 bits per heavy atom. The summed E-state index contributed by atoms with van der Waals surface area (Å²) in [6.07, 6.45) is 10.5. The Morgan fingerprint density at radius 1 is 0.638 bits per heavy atom. The maximum Gasteiger partial charge on any atom is 0.343 e. The molecule has 0 unspecified atom stereocenters. The van der Waals surface area contributed by atoms with Crippen LogP contribution in [0.25, 0.3) is 16.8 Å². The van der Waals surface area contributed by atoms with Crippen LogP contribution < -0.4 is 18.9 Å². The van der Waals surface area contributed by atoms with Crippen molar-refractivity contribution in [2.24, 2.45) is 0 Å². The number of hydrogen-bond acceptors (Lipinski definition) is 8. The number of hydrogen-bond donors (Lipinski definition) is 2. The Morgan fingerprint density at radius 2 is 1.26 bits per heavy atom. The quantitative estimate of drug-likeness (QED) is 0.0461. The summed E-state index contributed by atoms with van der Waals surface area (Å²) >= 11 is 0. The number of ether oxygens (including phenoxy) is 4. The summed E-state index contributed by atoms with van der Waals surface area (Å²) in [6, 6.07) is 23.4. The molecule has 0 atom stereocenters. The standard InChI is InChI=1S/C39H44O8/c1-29-28-33(46-39(43)31-14-18-32(19-15-31)44-26-10-4-2-8-24-40)20-22-36(29)47-38(42)23-17-30-16-21-37(35-13-7-6-12-34(30)35)45-27-11-5-3-9-25-41/h6-7,12-23,28,40-41H,2-5,8-11,24-27H2,1H3/b23-17+. The van der Waals surface area contributed by atoms with E-state index in [-0.39, 0.29) is 13.2 Å². The average molecular weight is 641 g/mol. The second kappa shape index (κ2) is 19.1. The average Bonchev–Trinajstić information content (AvgIpc) is 3.08. The van der Waals surface area contributed by atoms with Crippen LogP contribution >= 0.6 is 0 Å². The molecule has 2 N–H and O–H groups in total. The molecule has 8 nitrogen and oxygen atoms in total. The summed E-state index contributed by atoms with van der Waals surface area (Å²) in [5, 5.41) is 19.7. The van der Waals surface area contributed by atoms with Crippen LogP contribution in [-0.2, 0) is 4.79 Å². The number of rotatable bonds is 19. The highest BCUT2D eigenvalue weighted by Crippen LogP contribution is 2.30. The Bertz CT molecular complexity index is 1610. The van der Waals surface area contributed by atoms with Gasteiger partial charge in [0.25, 0.3) is 0 Å². The molecule has 0 bridgehead atoms. The Kier molecular flexibility index (Phi) is 14.3. The van der Waals surface area contributed by atoms with Gasteiger partial charge < -0.3 is 29.2 Å². The SMILES string of the molecule is Cc1cc(OC(=O)c2ccc(OCCCCCCO)cc2)ccc1OC(=O)/C=C/c1ccc(OCCCCCCO)c2ccccc12. The molecule has 4 aromatic rings. The van der Waals surface area contributed by atoms with E-state index in [4.69, 9.17) is 29.2 Å². The molecule has 4 aromatic carbocycles. The van der Waals surface area contributed by atoms with E-state index in [9.17, 15) is 9.59 Å². The summed E-state index contributed by atoms with van der Waals surface area (Å²) in [5.41, 5.74) is 1.89. The molecular weight excluding hydrogens is 596 g/mol. The molecule has 0 amide bonds. The molecule has 0 radical (unpaired) electrons. The van der Waals surface area contributed by atoms with Crippen molar-refractivity contribution in [3.63, 3.8) is 0 Å². The highest BCUT2D eigenvalue weighted by Gasteiger charge is 2.12. The first-order chi connectivity index (χ1) is 23.0. The summed E-state index contributed by atoms with van der Waals surface area (Å²) in [7, 11) is 0. The van der Waals surface area contributed by atoms with Crippen molar-refractivity contribution in [1.29, 1.82) is 0 Å². The first-order valence-electron chi connectivity index (χ1n) is 16.3. The molecule has 0 saturated heterocycles. The molecule has 248 valence electrons. The van der Waals surface area contributed by atoms with Crippen LogP contribution in [-0.4, -0.2) is 48.6 Å². The van der Waals surface area contributed by atoms with Crippen LogP contribution in [0, 0.1) is 6.92 Å². The largest absolute Gasteiger partial charge is 0.494 e. The van der Waals surface area contributed by atoms with Crippen LogP contribution in [0.2, 0.25) is 0 Å². The molecule has 0 aromatic heterocycles. The molecule has 0 saturated carbocycles. The number of unbranched alkanes of at least 4 members (excludes halogenated alkanes) is 6. The zero-order valence-electron chi connectivity index (χ0n) is 27.0. The van der Waals surface area contributed by atoms with E-state index in [2.05, 4.69) is 0 Å². The third kappa shape index (κ3) is 11.3. The minimum absolute atomic E-state index is 0.216. The van der Waals surface area contributed by atoms with Gasteiger partial charge in [-0.1, -0.05) is 43.2 Å². The van der Waals surface area contributed by atoms with Crippen LogP contribution in [0.4, 0.5) is 0 Å². The number of aryl methyl sites for hydroxylation is 1. The van der Waals surface area contributed by atoms with Crippen molar-refractivity contribution < 1.29 is 38.7 Å². The van der Waals surface area contributed by atoms with E-state index >= 15 is 0 Å². The van der Waals surface area contributed by atoms with Crippen LogP contribution in [0.15, 0.2) is 84.9 Å². The molecule has 0 aliphatic carbocycles. The van der Waals surface area contributed by atoms with Crippen LogP contribution in [0.1, 0.15) is 72.9 Å². The first-order valence-corrected chi connectivity index (χ1v) is 16.3. The van der Waals surface area contributed by atoms with Gasteiger partial charge in [0.05, 0.1) is 18.8 Å². The van der Waals surface area contributed by atoms with Gasteiger partial charge in [0, 0.05) is 24.7 Å². The van der Waals surface area contributed by atoms with Gasteiger partial charge in [-0.05, 0) is 117 Å². The predicted octanol–water partition coefficient (Wildman–Crippen LogP) is 7.85. The van der Waals surface area contributed by atoms with E-state index in [0.717, 1.165) is 73.5 Å². The van der Waals surface area contributed by atoms with Gasteiger partial charge in [-0.3, -0.25) is 0 Å². The zero-order chi connectivity index (χ0) is 33.3. The number of carbonyl (C=O) groups excluding carboxylic acids is 2. The van der Waals surface area contributed by atoms with Gasteiger partial charge in [-0.15, -0.1) is 0 Å². The van der Waals surface area contributed by atoms with Crippen molar-refractivity contribution in [1.82, 2.24) is 0 Å². The van der Waals surface area contributed by atoms with E-state index in [0.29, 0.717) is 41.6 Å². The monoisotopic (exact) mass is 640 g/mol. The number of benzene rings is 4. The molecule has 0 aliphatic rings. The summed E-state index contributed by atoms with van der Waals surface area (Å²) in [6.45, 7) is 3.39. The topological polar surface area (TPSA) is 112 Å². The number of esters is 2. The second-order valence-corrected chi connectivity index (χ2v) is 11.3. The minimum atomic E-state index is -0.530. The van der Waals surface area contributed by atoms with Crippen molar-refractivity contribution in [3.05, 3.63) is 102 Å². The minimum Gasteiger partial charge on any atom is -0.494 e. The van der Waals surface area contributed by atoms with Gasteiger partial charge in [-0.2, -0.15) is 0 Å². The first kappa shape index (κ1) is 35.2. The zero-order valence-corrected chi connectivity index (χ0v) is 27.0. The highest BCUT2D eigenvalue weighted by atomic mass is 16.5. The lowest BCUT2D eigenvalue weighted by Crippen LogP contribution is -2.09. The molecule has 0 heterocycles. The maximum absolute atomic E-state index is 12.7. The number of aliphatic hydroxyl groups excluding tert-OH is 2. The summed E-state index contributed by atoms with van der Waals surface area (Å²) in [5.74, 6) is 1.14. The van der Waals surface area contributed by atoms with Crippen molar-refractivity contribution in [2.75, 3.05) is 26.4 Å². The molecule has 47 heavy (non-hydrogen) atoms. The second-order valence-electron chi connectivity index (χ2n) is 11.3. The molecule has 8 heteroatoms. The van der Waals surface area contributed by atoms with Crippen LogP contribution in [0.5, 0.6) is 23.0 Å². The van der Waals surface area contributed by atoms with E-state index in [1.54, 1.807) is 55.5 Å². The lowest BCUT2D eigenvalue weighted by atomic mass is 10.0. The third-order valence-electron chi connectivity index (χ3n) is 7.61. The smallest absolute Gasteiger partial charge is 0.343 e. The Hall–Kier alpha value is -4.66. The lowest BCUT2D eigenvalue weighted by Gasteiger charge is -2.11. The van der Waals surface area contributed by atoms with E-state index in [1.165, 1.54) is 6.08 Å². The molecule has 0 aliphatic heterocycles. The van der Waals surface area contributed by atoms with E-state index in [1.807, 2.05) is 36.4 Å². The fourth-order valence-electron chi connectivity index (χ4n) is 5.03. The summed E-state index contributed by atoms with van der Waals surface area (Å²) in [4.78, 5) is 25.4. The van der Waals surface area contributed by atoms with Gasteiger partial charge in [0.1, 0.15) is 23.0 Å². The van der Waals surface area contributed by atoms with Crippen molar-refractivity contribution in [3.8, 4) is 23.0 Å². The molecule has 0 spiro atoms. The Balaban J connectivity index is 1.29. The predicted molar refractivity (Wildman–Crippen MR) is 183 cm³/mol. The fraction of sp³-hybridized carbons (Fsp3) is 0.333. The van der Waals surface area contributed by atoms with Crippen molar-refractivity contribution >= 4 is 28.8 Å². The van der Waals surface area contributed by atoms with E-state index < -0.39 is 11.9 Å². The number of carbonyl (C=O) groups is 2. The summed E-state index contributed by atoms with van der Waals surface area (Å²) < 4.78 is 22.9. The van der Waals surface area contributed by atoms with Crippen molar-refractivity contribution in [2.45, 2.75) is 58.3 Å². The Labute approximate surface area is 276 Å². The molecular formula is C39H44O8. The number of aliphatic hydroxyl groups is 2. The normalized spacial score (nSPS) is 11.1. The molecule has 0 fully saturated rings. The highest BCUT2D eigenvalue weighted by molar-refractivity contribution is 5.98. The van der Waals surface area contributed by atoms with Crippen LogP contribution in [0.3, 0.4) is 0 Å². The maximum atomic E-state index is 12.7. The lowest BCUT2D eigenvalue weighted by molar-refractivity contribution is -0.128. The third-order valence-corrected chi connectivity index (χ3v) is 7.61. The van der Waals surface area contributed by atoms with Gasteiger partial charge in [-0.25, -0.2) is 9.59 Å². The number of fused-ring (bicyclic) bond motifs is 1. The van der Waals surface area contributed by atoms with Gasteiger partial charge in [0.15, 0.2) is 0 Å². The fourth-order valence-corrected chi connectivity index (χ4v) is 5.03. The van der Waals surface area contributed by atoms with Gasteiger partial charge >= 0.3 is 11.9 Å². The molecule has 4 rings (SSSR count). The van der Waals surface area contributed by atoms with Gasteiger partial charge in [0.2, 0.25) is 0 Å².